The smallest absolute Gasteiger partial charge is 0.309 e. The van der Waals surface area contributed by atoms with Crippen LogP contribution >= 0.6 is 15.9 Å². The summed E-state index contributed by atoms with van der Waals surface area (Å²) in [5.74, 6) is -0.421. The van der Waals surface area contributed by atoms with Crippen LogP contribution < -0.4 is 0 Å². The van der Waals surface area contributed by atoms with Gasteiger partial charge in [0.15, 0.2) is 5.78 Å². The molecule has 0 atom stereocenters. The minimum absolute atomic E-state index is 0.0218. The van der Waals surface area contributed by atoms with Crippen molar-refractivity contribution >= 4 is 21.7 Å². The molecule has 7 heteroatoms. The lowest BCUT2D eigenvalue weighted by molar-refractivity contribution is -0.142. The maximum atomic E-state index is 13.2. The molecule has 0 fully saturated rings. The number of hydrogen-bond acceptors (Lipinski definition) is 2. The van der Waals surface area contributed by atoms with Gasteiger partial charge in [-0.25, -0.2) is 0 Å². The molecule has 0 aliphatic rings. The number of nitrogens with zero attached hydrogens (tertiary/aromatic N) is 2. The van der Waals surface area contributed by atoms with E-state index in [0.717, 1.165) is 10.6 Å². The lowest BCUT2D eigenvalue weighted by atomic mass is 10.2. The van der Waals surface area contributed by atoms with Gasteiger partial charge in [0.1, 0.15) is 5.69 Å². The monoisotopic (exact) mass is 370 g/mol. The van der Waals surface area contributed by atoms with Gasteiger partial charge in [0.2, 0.25) is 0 Å². The van der Waals surface area contributed by atoms with Gasteiger partial charge < -0.3 is 4.57 Å². The number of benzene rings is 1. The Morgan fingerprint density at radius 2 is 1.91 bits per heavy atom. The van der Waals surface area contributed by atoms with Crippen molar-refractivity contribution < 1.29 is 18.0 Å². The van der Waals surface area contributed by atoms with Gasteiger partial charge in [-0.1, -0.05) is 15.9 Å². The highest BCUT2D eigenvalue weighted by molar-refractivity contribution is 9.09. The van der Waals surface area contributed by atoms with Gasteiger partial charge in [-0.2, -0.15) is 18.4 Å². The number of alkyl halides is 4. The fourth-order valence-corrected chi connectivity index (χ4v) is 2.49. The van der Waals surface area contributed by atoms with E-state index in [4.69, 9.17) is 5.26 Å². The third kappa shape index (κ3) is 2.92. The zero-order chi connectivity index (χ0) is 16.5. The zero-order valence-corrected chi connectivity index (χ0v) is 13.0. The number of carbonyl (C=O) groups excluding carboxylic acids is 1. The van der Waals surface area contributed by atoms with E-state index in [0.29, 0.717) is 5.56 Å². The molecule has 0 bridgehead atoms. The second-order valence-electron chi connectivity index (χ2n) is 4.58. The summed E-state index contributed by atoms with van der Waals surface area (Å²) in [7, 11) is 0. The number of rotatable bonds is 3. The van der Waals surface area contributed by atoms with Crippen molar-refractivity contribution in [3.63, 3.8) is 0 Å². The third-order valence-corrected chi connectivity index (χ3v) is 3.72. The molecule has 1 heterocycles. The Balaban J connectivity index is 2.69. The summed E-state index contributed by atoms with van der Waals surface area (Å²) in [6.07, 6.45) is -4.59. The molecule has 2 aromatic rings. The average Bonchev–Trinajstić information content (AvgIpc) is 2.84. The van der Waals surface area contributed by atoms with Crippen LogP contribution in [0.25, 0.3) is 5.69 Å². The van der Waals surface area contributed by atoms with Crippen molar-refractivity contribution in [3.8, 4) is 11.8 Å². The maximum absolute atomic E-state index is 13.2. The van der Waals surface area contributed by atoms with Gasteiger partial charge in [-0.15, -0.1) is 0 Å². The van der Waals surface area contributed by atoms with Crippen LogP contribution in [-0.4, -0.2) is 15.7 Å². The first-order valence-corrected chi connectivity index (χ1v) is 7.31. The summed E-state index contributed by atoms with van der Waals surface area (Å²) >= 11 is 2.97. The van der Waals surface area contributed by atoms with Crippen LogP contribution in [0.2, 0.25) is 0 Å². The van der Waals surface area contributed by atoms with Crippen LogP contribution in [-0.2, 0) is 6.18 Å². The molecule has 0 amide bonds. The van der Waals surface area contributed by atoms with Gasteiger partial charge in [-0.05, 0) is 37.3 Å². The summed E-state index contributed by atoms with van der Waals surface area (Å²) in [6.45, 7) is 1.46. The Labute approximate surface area is 133 Å². The lowest BCUT2D eigenvalue weighted by Gasteiger charge is -2.14. The zero-order valence-electron chi connectivity index (χ0n) is 11.4. The molecular formula is C15H10BrF3N2O. The lowest BCUT2D eigenvalue weighted by Crippen LogP contribution is -2.13. The molecule has 0 saturated carbocycles. The summed E-state index contributed by atoms with van der Waals surface area (Å²) in [6, 6.07) is 8.47. The van der Waals surface area contributed by atoms with Crippen molar-refractivity contribution in [3.05, 3.63) is 52.8 Å². The second kappa shape index (κ2) is 5.97. The summed E-state index contributed by atoms with van der Waals surface area (Å²) < 4.78 is 40.7. The summed E-state index contributed by atoms with van der Waals surface area (Å²) in [4.78, 5) is 11.8. The molecule has 0 aliphatic carbocycles. The van der Waals surface area contributed by atoms with Crippen LogP contribution in [0.15, 0.2) is 30.3 Å². The van der Waals surface area contributed by atoms with Crippen molar-refractivity contribution in [2.75, 3.05) is 5.33 Å². The van der Waals surface area contributed by atoms with Crippen LogP contribution in [0.4, 0.5) is 13.2 Å². The first kappa shape index (κ1) is 16.3. The highest BCUT2D eigenvalue weighted by atomic mass is 79.9. The van der Waals surface area contributed by atoms with Gasteiger partial charge >= 0.3 is 6.18 Å². The number of nitriles is 1. The van der Waals surface area contributed by atoms with Crippen LogP contribution in [0.1, 0.15) is 27.3 Å². The molecule has 0 saturated heterocycles. The van der Waals surface area contributed by atoms with Crippen molar-refractivity contribution in [2.45, 2.75) is 13.1 Å². The van der Waals surface area contributed by atoms with Crippen molar-refractivity contribution in [1.29, 1.82) is 5.26 Å². The third-order valence-electron chi connectivity index (χ3n) is 3.21. The molecule has 0 aliphatic heterocycles. The number of halogens is 4. The van der Waals surface area contributed by atoms with Crippen molar-refractivity contribution in [2.24, 2.45) is 0 Å². The number of Topliss-reactive ketones (excluding diaryl/α,β-unsaturated/α-hetero) is 1. The van der Waals surface area contributed by atoms with Crippen LogP contribution in [0, 0.1) is 18.3 Å². The van der Waals surface area contributed by atoms with Gasteiger partial charge in [-0.3, -0.25) is 4.79 Å². The molecular weight excluding hydrogens is 361 g/mol. The minimum Gasteiger partial charge on any atom is -0.309 e. The molecule has 2 rings (SSSR count). The Bertz CT molecular complexity index is 755. The van der Waals surface area contributed by atoms with Crippen LogP contribution in [0.5, 0.6) is 0 Å². The first-order chi connectivity index (χ1) is 10.3. The second-order valence-corrected chi connectivity index (χ2v) is 5.14. The highest BCUT2D eigenvalue weighted by Gasteiger charge is 2.37. The van der Waals surface area contributed by atoms with E-state index in [-0.39, 0.29) is 22.3 Å². The fraction of sp³-hybridized carbons (Fsp3) is 0.200. The first-order valence-electron chi connectivity index (χ1n) is 6.19. The van der Waals surface area contributed by atoms with Gasteiger partial charge in [0.05, 0.1) is 17.0 Å². The molecule has 3 nitrogen and oxygen atoms in total. The molecule has 0 unspecified atom stereocenters. The number of hydrogen-bond donors (Lipinski definition) is 0. The van der Waals surface area contributed by atoms with E-state index in [1.807, 2.05) is 6.07 Å². The maximum Gasteiger partial charge on any atom is 0.431 e. The molecule has 114 valence electrons. The SMILES string of the molecule is Cc1c(C(=O)CBr)cc(C(F)(F)F)n1-c1ccc(C#N)cc1. The highest BCUT2D eigenvalue weighted by Crippen LogP contribution is 2.35. The van der Waals surface area contributed by atoms with E-state index in [1.165, 1.54) is 31.2 Å². The van der Waals surface area contributed by atoms with E-state index in [1.54, 1.807) is 0 Å². The Morgan fingerprint density at radius 1 is 1.32 bits per heavy atom. The fourth-order valence-electron chi connectivity index (χ4n) is 2.19. The topological polar surface area (TPSA) is 45.8 Å². The Hall–Kier alpha value is -2.07. The number of ketones is 1. The van der Waals surface area contributed by atoms with Crippen LogP contribution in [0.3, 0.4) is 0 Å². The average molecular weight is 371 g/mol. The van der Waals surface area contributed by atoms with Gasteiger partial charge in [0.25, 0.3) is 0 Å². The van der Waals surface area contributed by atoms with E-state index < -0.39 is 17.7 Å². The number of aromatic nitrogens is 1. The van der Waals surface area contributed by atoms with Crippen molar-refractivity contribution in [1.82, 2.24) is 4.57 Å². The predicted octanol–water partition coefficient (Wildman–Crippen LogP) is 4.25. The largest absolute Gasteiger partial charge is 0.431 e. The van der Waals surface area contributed by atoms with Gasteiger partial charge in [0, 0.05) is 16.9 Å². The molecule has 0 N–H and O–H groups in total. The molecule has 0 spiro atoms. The molecule has 22 heavy (non-hydrogen) atoms. The molecule has 1 aromatic heterocycles. The quantitative estimate of drug-likeness (QED) is 0.598. The van der Waals surface area contributed by atoms with E-state index >= 15 is 0 Å². The Morgan fingerprint density at radius 3 is 2.36 bits per heavy atom. The Kier molecular flexibility index (Phi) is 4.42. The summed E-state index contributed by atoms with van der Waals surface area (Å²) in [5.41, 5.74) is -0.0922. The predicted molar refractivity (Wildman–Crippen MR) is 78.3 cm³/mol. The minimum atomic E-state index is -4.59. The molecule has 0 radical (unpaired) electrons. The number of carbonyl (C=O) groups is 1. The molecule has 1 aromatic carbocycles. The standard InChI is InChI=1S/C15H10BrF3N2O/c1-9-12(13(22)7-16)6-14(15(17,18)19)21(9)11-4-2-10(8-20)3-5-11/h2-6H,7H2,1H3. The van der Waals surface area contributed by atoms with E-state index in [9.17, 15) is 18.0 Å². The summed E-state index contributed by atoms with van der Waals surface area (Å²) in [5, 5.41) is 8.71. The van der Waals surface area contributed by atoms with E-state index in [2.05, 4.69) is 15.9 Å². The normalized spacial score (nSPS) is 11.3.